The minimum atomic E-state index is -0.159. The summed E-state index contributed by atoms with van der Waals surface area (Å²) in [5.41, 5.74) is 26.5. The molecule has 0 bridgehead atoms. The van der Waals surface area contributed by atoms with Gasteiger partial charge in [-0.05, 0) is 136 Å². The van der Waals surface area contributed by atoms with Crippen molar-refractivity contribution < 1.29 is 0 Å². The fraction of sp³-hybridized carbons (Fsp3) is 0.158. The van der Waals surface area contributed by atoms with Gasteiger partial charge in [0.05, 0.1) is 0 Å². The molecule has 8 aromatic rings. The van der Waals surface area contributed by atoms with Gasteiger partial charge in [-0.1, -0.05) is 187 Å². The number of hydrogen-bond acceptors (Lipinski definition) is 0. The average Bonchev–Trinajstić information content (AvgIpc) is 3.72. The summed E-state index contributed by atoms with van der Waals surface area (Å²) in [7, 11) is 0. The van der Waals surface area contributed by atoms with E-state index in [1.807, 2.05) is 0 Å². The second-order valence-corrected chi connectivity index (χ2v) is 18.1. The van der Waals surface area contributed by atoms with Crippen molar-refractivity contribution in [2.45, 2.75) is 57.8 Å². The third-order valence-electron chi connectivity index (χ3n) is 13.9. The van der Waals surface area contributed by atoms with Crippen LogP contribution in [0.25, 0.3) is 77.9 Å². The van der Waals surface area contributed by atoms with Crippen LogP contribution >= 0.6 is 0 Å². The molecule has 3 aliphatic rings. The summed E-state index contributed by atoms with van der Waals surface area (Å²) < 4.78 is 0. The number of hydrogen-bond donors (Lipinski definition) is 0. The van der Waals surface area contributed by atoms with E-state index < -0.39 is 0 Å². The zero-order chi connectivity index (χ0) is 38.8. The lowest BCUT2D eigenvalue weighted by Gasteiger charge is -2.24. The minimum Gasteiger partial charge on any atom is -0.0619 e. The summed E-state index contributed by atoms with van der Waals surface area (Å²) in [5.74, 6) is 0. The smallest absolute Gasteiger partial charge is 0.0159 e. The van der Waals surface area contributed by atoms with Gasteiger partial charge in [0.15, 0.2) is 0 Å². The van der Waals surface area contributed by atoms with E-state index in [-0.39, 0.29) is 16.2 Å². The largest absolute Gasteiger partial charge is 0.0619 e. The van der Waals surface area contributed by atoms with Crippen LogP contribution in [0.15, 0.2) is 170 Å². The van der Waals surface area contributed by atoms with Gasteiger partial charge in [0.2, 0.25) is 0 Å². The summed E-state index contributed by atoms with van der Waals surface area (Å²) in [6.45, 7) is 14.3. The maximum absolute atomic E-state index is 2.47. The lowest BCUT2D eigenvalue weighted by molar-refractivity contribution is 0.660. The highest BCUT2D eigenvalue weighted by molar-refractivity contribution is 5.93. The van der Waals surface area contributed by atoms with Crippen LogP contribution in [0, 0.1) is 0 Å². The maximum atomic E-state index is 2.47. The molecule has 0 nitrogen and oxygen atoms in total. The molecule has 0 heteroatoms. The van der Waals surface area contributed by atoms with Gasteiger partial charge in [-0.3, -0.25) is 0 Å². The first kappa shape index (κ1) is 34.0. The summed E-state index contributed by atoms with van der Waals surface area (Å²) in [5, 5.41) is 0. The van der Waals surface area contributed by atoms with Crippen LogP contribution in [-0.2, 0) is 16.2 Å². The first-order valence-corrected chi connectivity index (χ1v) is 20.5. The van der Waals surface area contributed by atoms with E-state index in [9.17, 15) is 0 Å². The van der Waals surface area contributed by atoms with Crippen molar-refractivity contribution in [1.29, 1.82) is 0 Å². The van der Waals surface area contributed by atoms with Gasteiger partial charge in [0, 0.05) is 16.2 Å². The van der Waals surface area contributed by atoms with E-state index in [1.54, 1.807) is 0 Å². The molecule has 0 saturated heterocycles. The molecule has 0 spiro atoms. The van der Waals surface area contributed by atoms with Crippen LogP contribution in [0.3, 0.4) is 0 Å². The molecule has 57 heavy (non-hydrogen) atoms. The molecule has 0 N–H and O–H groups in total. The van der Waals surface area contributed by atoms with Gasteiger partial charge in [0.1, 0.15) is 0 Å². The quantitative estimate of drug-likeness (QED) is 0.169. The standard InChI is InChI=1S/C57H46/c1-55(2)49-21-13-11-19-43(49)45-27-23-35(31-51(45)55)39-15-7-9-17-41(39)37-25-29-47-48-30-26-38(34-54(48)57(5,6)53(47)33-37)42-18-10-8-16-40(42)36-24-28-46-44-20-12-14-22-50(44)56(3,4)52(46)32-36/h7-34H,1-6H3. The molecule has 0 heterocycles. The lowest BCUT2D eigenvalue weighted by Crippen LogP contribution is -2.15. The van der Waals surface area contributed by atoms with E-state index in [2.05, 4.69) is 211 Å². The molecule has 0 saturated carbocycles. The van der Waals surface area contributed by atoms with Gasteiger partial charge in [-0.25, -0.2) is 0 Å². The SMILES string of the molecule is CC1(C)c2ccccc2-c2ccc(-c3ccccc3-c3ccc4c(c3)C(C)(C)c3cc(-c5ccccc5-c5ccc6c(c5)C(C)(C)c5ccccc5-6)ccc3-4)cc21. The minimum absolute atomic E-state index is 0.0375. The molecule has 274 valence electrons. The Bertz CT molecular complexity index is 2780. The highest BCUT2D eigenvalue weighted by Gasteiger charge is 2.38. The second kappa shape index (κ2) is 11.9. The summed E-state index contributed by atoms with van der Waals surface area (Å²) in [6, 6.07) is 64.3. The van der Waals surface area contributed by atoms with Crippen molar-refractivity contribution in [1.82, 2.24) is 0 Å². The predicted octanol–water partition coefficient (Wildman–Crippen LogP) is 15.3. The summed E-state index contributed by atoms with van der Waals surface area (Å²) in [6.07, 6.45) is 0. The third kappa shape index (κ3) is 4.80. The van der Waals surface area contributed by atoms with Crippen molar-refractivity contribution in [2.75, 3.05) is 0 Å². The van der Waals surface area contributed by atoms with Crippen molar-refractivity contribution in [2.24, 2.45) is 0 Å². The van der Waals surface area contributed by atoms with Gasteiger partial charge < -0.3 is 0 Å². The van der Waals surface area contributed by atoms with Crippen LogP contribution in [0.5, 0.6) is 0 Å². The number of rotatable bonds is 4. The Hall–Kier alpha value is -6.24. The highest BCUT2D eigenvalue weighted by atomic mass is 14.4. The molecule has 3 aliphatic carbocycles. The molecule has 0 atom stereocenters. The van der Waals surface area contributed by atoms with Crippen LogP contribution in [-0.4, -0.2) is 0 Å². The molecule has 0 amide bonds. The fourth-order valence-corrected chi connectivity index (χ4v) is 10.8. The highest BCUT2D eigenvalue weighted by Crippen LogP contribution is 2.54. The Balaban J connectivity index is 0.961. The Morgan fingerprint density at radius 1 is 0.211 bits per heavy atom. The number of benzene rings is 8. The Labute approximate surface area is 337 Å². The zero-order valence-corrected chi connectivity index (χ0v) is 33.7. The van der Waals surface area contributed by atoms with E-state index in [1.165, 1.54) is 111 Å². The van der Waals surface area contributed by atoms with Gasteiger partial charge >= 0.3 is 0 Å². The fourth-order valence-electron chi connectivity index (χ4n) is 10.8. The van der Waals surface area contributed by atoms with E-state index in [0.717, 1.165) is 0 Å². The number of fused-ring (bicyclic) bond motifs is 9. The van der Waals surface area contributed by atoms with E-state index in [4.69, 9.17) is 0 Å². The molecule has 0 aromatic heterocycles. The van der Waals surface area contributed by atoms with Crippen molar-refractivity contribution in [3.05, 3.63) is 203 Å². The van der Waals surface area contributed by atoms with Crippen LogP contribution in [0.1, 0.15) is 74.9 Å². The molecule has 11 rings (SSSR count). The van der Waals surface area contributed by atoms with Crippen LogP contribution in [0.2, 0.25) is 0 Å². The van der Waals surface area contributed by atoms with Gasteiger partial charge in [-0.2, -0.15) is 0 Å². The van der Waals surface area contributed by atoms with E-state index in [0.29, 0.717) is 0 Å². The van der Waals surface area contributed by atoms with Crippen molar-refractivity contribution >= 4 is 0 Å². The topological polar surface area (TPSA) is 0 Å². The van der Waals surface area contributed by atoms with Gasteiger partial charge in [0.25, 0.3) is 0 Å². The Morgan fingerprint density at radius 3 is 0.702 bits per heavy atom. The molecule has 0 aliphatic heterocycles. The normalized spacial score (nSPS) is 15.6. The van der Waals surface area contributed by atoms with Crippen molar-refractivity contribution in [3.8, 4) is 77.9 Å². The predicted molar refractivity (Wildman–Crippen MR) is 241 cm³/mol. The second-order valence-electron chi connectivity index (χ2n) is 18.1. The van der Waals surface area contributed by atoms with Crippen LogP contribution in [0.4, 0.5) is 0 Å². The lowest BCUT2D eigenvalue weighted by atomic mass is 9.79. The Morgan fingerprint density at radius 2 is 0.421 bits per heavy atom. The third-order valence-corrected chi connectivity index (χ3v) is 13.9. The average molecular weight is 731 g/mol. The molecule has 8 aromatic carbocycles. The Kier molecular flexibility index (Phi) is 7.10. The van der Waals surface area contributed by atoms with Gasteiger partial charge in [-0.15, -0.1) is 0 Å². The molecular weight excluding hydrogens is 685 g/mol. The maximum Gasteiger partial charge on any atom is 0.0159 e. The zero-order valence-electron chi connectivity index (χ0n) is 33.7. The van der Waals surface area contributed by atoms with Crippen molar-refractivity contribution in [3.63, 3.8) is 0 Å². The molecule has 0 radical (unpaired) electrons. The first-order chi connectivity index (χ1) is 27.5. The molecule has 0 fully saturated rings. The summed E-state index contributed by atoms with van der Waals surface area (Å²) >= 11 is 0. The molecule has 0 unspecified atom stereocenters. The van der Waals surface area contributed by atoms with Crippen LogP contribution < -0.4 is 0 Å². The molecular formula is C57H46. The van der Waals surface area contributed by atoms with E-state index >= 15 is 0 Å². The first-order valence-electron chi connectivity index (χ1n) is 20.5. The monoisotopic (exact) mass is 730 g/mol. The summed E-state index contributed by atoms with van der Waals surface area (Å²) in [4.78, 5) is 0.